The molecule has 0 spiro atoms. The highest BCUT2D eigenvalue weighted by Crippen LogP contribution is 2.30. The molecule has 0 radical (unpaired) electrons. The molecule has 0 aliphatic rings. The van der Waals surface area contributed by atoms with E-state index in [1.807, 2.05) is 12.1 Å². The van der Waals surface area contributed by atoms with E-state index in [1.54, 1.807) is 12.3 Å². The number of anilines is 2. The number of nitrogens with two attached hydrogens (primary N) is 1. The Morgan fingerprint density at radius 1 is 1.29 bits per heavy atom. The van der Waals surface area contributed by atoms with Crippen LogP contribution in [0.5, 0.6) is 0 Å². The van der Waals surface area contributed by atoms with Gasteiger partial charge >= 0.3 is 0 Å². The molecule has 2 aromatic carbocycles. The highest BCUT2D eigenvalue weighted by Gasteiger charge is 2.15. The lowest BCUT2D eigenvalue weighted by Crippen LogP contribution is -2.13. The Hall–Kier alpha value is -2.24. The van der Waals surface area contributed by atoms with Crippen LogP contribution in [0.2, 0.25) is 10.0 Å². The van der Waals surface area contributed by atoms with E-state index in [0.717, 1.165) is 10.9 Å². The molecule has 0 aliphatic carbocycles. The van der Waals surface area contributed by atoms with Crippen LogP contribution in [0.25, 0.3) is 10.9 Å². The van der Waals surface area contributed by atoms with Gasteiger partial charge in [-0.2, -0.15) is 5.10 Å². The number of carbonyl (C=O) groups excluding carboxylic acids is 1. The molecule has 0 bridgehead atoms. The van der Waals surface area contributed by atoms with E-state index < -0.39 is 0 Å². The van der Waals surface area contributed by atoms with E-state index in [0.29, 0.717) is 11.4 Å². The summed E-state index contributed by atoms with van der Waals surface area (Å²) in [7, 11) is 0. The van der Waals surface area contributed by atoms with Gasteiger partial charge in [-0.05, 0) is 24.3 Å². The van der Waals surface area contributed by atoms with Crippen molar-refractivity contribution < 1.29 is 4.79 Å². The van der Waals surface area contributed by atoms with Crippen LogP contribution in [0.15, 0.2) is 36.5 Å². The first-order chi connectivity index (χ1) is 10.1. The molecule has 0 unspecified atom stereocenters. The van der Waals surface area contributed by atoms with Gasteiger partial charge < -0.3 is 11.1 Å². The molecule has 0 fully saturated rings. The highest BCUT2D eigenvalue weighted by molar-refractivity contribution is 6.44. The predicted octanol–water partition coefficient (Wildman–Crippen LogP) is 3.70. The van der Waals surface area contributed by atoms with Crippen LogP contribution in [-0.4, -0.2) is 16.1 Å². The SMILES string of the molecule is Nc1cc(Cl)c(Cl)c(C(=O)Nc2cccc3[nH]ncc23)c1. The number of fused-ring (bicyclic) bond motifs is 1. The first kappa shape index (κ1) is 13.7. The summed E-state index contributed by atoms with van der Waals surface area (Å²) in [5, 5.41) is 10.8. The third-order valence-electron chi connectivity index (χ3n) is 3.03. The maximum Gasteiger partial charge on any atom is 0.257 e. The van der Waals surface area contributed by atoms with E-state index >= 15 is 0 Å². The van der Waals surface area contributed by atoms with Crippen LogP contribution in [0.4, 0.5) is 11.4 Å². The van der Waals surface area contributed by atoms with Crippen molar-refractivity contribution in [2.45, 2.75) is 0 Å². The molecule has 7 heteroatoms. The second-order valence-electron chi connectivity index (χ2n) is 4.46. The Labute approximate surface area is 130 Å². The number of aromatic amines is 1. The Kier molecular flexibility index (Phi) is 3.45. The van der Waals surface area contributed by atoms with E-state index in [1.165, 1.54) is 12.1 Å². The third-order valence-corrected chi connectivity index (χ3v) is 3.83. The number of nitrogens with one attached hydrogen (secondary N) is 2. The number of hydrogen-bond donors (Lipinski definition) is 3. The normalized spacial score (nSPS) is 10.8. The molecule has 1 heterocycles. The zero-order valence-corrected chi connectivity index (χ0v) is 12.2. The molecule has 3 aromatic rings. The minimum atomic E-state index is -0.386. The van der Waals surface area contributed by atoms with Crippen molar-refractivity contribution in [2.75, 3.05) is 11.1 Å². The third kappa shape index (κ3) is 2.53. The van der Waals surface area contributed by atoms with Crippen LogP contribution in [-0.2, 0) is 0 Å². The summed E-state index contributed by atoms with van der Waals surface area (Å²) in [6, 6.07) is 8.43. The first-order valence-corrected chi connectivity index (χ1v) is 6.80. The summed E-state index contributed by atoms with van der Waals surface area (Å²) in [6.45, 7) is 0. The standard InChI is InChI=1S/C14H10Cl2N4O/c15-10-5-7(17)4-8(13(10)16)14(21)19-11-2-1-3-12-9(11)6-18-20-12/h1-6H,17H2,(H,18,20)(H,19,21). The van der Waals surface area contributed by atoms with Gasteiger partial charge in [0.1, 0.15) is 0 Å². The van der Waals surface area contributed by atoms with Crippen LogP contribution >= 0.6 is 23.2 Å². The van der Waals surface area contributed by atoms with Gasteiger partial charge in [0.2, 0.25) is 0 Å². The van der Waals surface area contributed by atoms with Crippen molar-refractivity contribution in [2.24, 2.45) is 0 Å². The average Bonchev–Trinajstić information content (AvgIpc) is 2.92. The van der Waals surface area contributed by atoms with E-state index in [4.69, 9.17) is 28.9 Å². The molecule has 4 N–H and O–H groups in total. The second-order valence-corrected chi connectivity index (χ2v) is 5.24. The van der Waals surface area contributed by atoms with Gasteiger partial charge in [0.05, 0.1) is 33.0 Å². The summed E-state index contributed by atoms with van der Waals surface area (Å²) in [5.74, 6) is -0.386. The maximum atomic E-state index is 12.4. The topological polar surface area (TPSA) is 83.8 Å². The fraction of sp³-hybridized carbons (Fsp3) is 0. The Morgan fingerprint density at radius 3 is 2.90 bits per heavy atom. The number of benzene rings is 2. The number of amides is 1. The number of hydrogen-bond acceptors (Lipinski definition) is 3. The van der Waals surface area contributed by atoms with Gasteiger partial charge in [0.15, 0.2) is 0 Å². The molecule has 0 atom stereocenters. The van der Waals surface area contributed by atoms with Gasteiger partial charge in [-0.15, -0.1) is 0 Å². The number of rotatable bonds is 2. The van der Waals surface area contributed by atoms with Crippen molar-refractivity contribution in [1.82, 2.24) is 10.2 Å². The summed E-state index contributed by atoms with van der Waals surface area (Å²) in [6.07, 6.45) is 1.64. The molecule has 0 saturated heterocycles. The van der Waals surface area contributed by atoms with Gasteiger partial charge in [-0.3, -0.25) is 9.89 Å². The fourth-order valence-corrected chi connectivity index (χ4v) is 2.46. The molecule has 3 rings (SSSR count). The zero-order chi connectivity index (χ0) is 15.0. The van der Waals surface area contributed by atoms with Crippen molar-refractivity contribution in [3.63, 3.8) is 0 Å². The number of nitrogens with zero attached hydrogens (tertiary/aromatic N) is 1. The van der Waals surface area contributed by atoms with Crippen molar-refractivity contribution in [1.29, 1.82) is 0 Å². The van der Waals surface area contributed by atoms with E-state index in [9.17, 15) is 4.79 Å². The monoisotopic (exact) mass is 320 g/mol. The Balaban J connectivity index is 1.99. The summed E-state index contributed by atoms with van der Waals surface area (Å²) in [5.41, 5.74) is 7.74. The average molecular weight is 321 g/mol. The maximum absolute atomic E-state index is 12.4. The summed E-state index contributed by atoms with van der Waals surface area (Å²) in [4.78, 5) is 12.4. The quantitative estimate of drug-likeness (QED) is 0.629. The molecule has 0 aliphatic heterocycles. The lowest BCUT2D eigenvalue weighted by Gasteiger charge is -2.09. The zero-order valence-electron chi connectivity index (χ0n) is 10.7. The minimum Gasteiger partial charge on any atom is -0.399 e. The molecule has 1 aromatic heterocycles. The fourth-order valence-electron chi connectivity index (χ4n) is 2.04. The molecular formula is C14H10Cl2N4O. The smallest absolute Gasteiger partial charge is 0.257 e. The Morgan fingerprint density at radius 2 is 2.10 bits per heavy atom. The number of nitrogen functional groups attached to an aromatic ring is 1. The van der Waals surface area contributed by atoms with Crippen LogP contribution < -0.4 is 11.1 Å². The first-order valence-electron chi connectivity index (χ1n) is 6.04. The molecule has 5 nitrogen and oxygen atoms in total. The number of H-pyrrole nitrogens is 1. The van der Waals surface area contributed by atoms with Gasteiger partial charge in [0.25, 0.3) is 5.91 Å². The van der Waals surface area contributed by atoms with Gasteiger partial charge in [-0.1, -0.05) is 29.3 Å². The molecule has 21 heavy (non-hydrogen) atoms. The van der Waals surface area contributed by atoms with Crippen molar-refractivity contribution in [3.8, 4) is 0 Å². The highest BCUT2D eigenvalue weighted by atomic mass is 35.5. The molecule has 0 saturated carbocycles. The summed E-state index contributed by atoms with van der Waals surface area (Å²) >= 11 is 12.0. The van der Waals surface area contributed by atoms with Crippen LogP contribution in [0.3, 0.4) is 0 Å². The van der Waals surface area contributed by atoms with E-state index in [-0.39, 0.29) is 21.5 Å². The largest absolute Gasteiger partial charge is 0.399 e. The molecule has 1 amide bonds. The minimum absolute atomic E-state index is 0.169. The predicted molar refractivity (Wildman–Crippen MR) is 84.9 cm³/mol. The Bertz CT molecular complexity index is 844. The second kappa shape index (κ2) is 5.27. The lowest BCUT2D eigenvalue weighted by molar-refractivity contribution is 0.102. The van der Waals surface area contributed by atoms with E-state index in [2.05, 4.69) is 15.5 Å². The number of aromatic nitrogens is 2. The van der Waals surface area contributed by atoms with Crippen LogP contribution in [0, 0.1) is 0 Å². The lowest BCUT2D eigenvalue weighted by atomic mass is 10.1. The van der Waals surface area contributed by atoms with Crippen molar-refractivity contribution in [3.05, 3.63) is 52.1 Å². The molecular weight excluding hydrogens is 311 g/mol. The van der Waals surface area contributed by atoms with Gasteiger partial charge in [0, 0.05) is 11.1 Å². The summed E-state index contributed by atoms with van der Waals surface area (Å²) < 4.78 is 0. The number of carbonyl (C=O) groups is 1. The molecule has 106 valence electrons. The van der Waals surface area contributed by atoms with Crippen molar-refractivity contribution >= 4 is 51.4 Å². The van der Waals surface area contributed by atoms with Gasteiger partial charge in [-0.25, -0.2) is 0 Å². The number of halogens is 2. The van der Waals surface area contributed by atoms with Crippen LogP contribution in [0.1, 0.15) is 10.4 Å².